The summed E-state index contributed by atoms with van der Waals surface area (Å²) in [6.07, 6.45) is 2.83. The maximum absolute atomic E-state index is 11.9. The Hall–Kier alpha value is -1.68. The van der Waals surface area contributed by atoms with Gasteiger partial charge in [-0.05, 0) is 36.6 Å². The monoisotopic (exact) mass is 259 g/mol. The fraction of sp³-hybridized carbons (Fsp3) is 0.467. The molecule has 1 atom stereocenters. The molecule has 1 aliphatic carbocycles. The van der Waals surface area contributed by atoms with Crippen molar-refractivity contribution in [3.8, 4) is 0 Å². The van der Waals surface area contributed by atoms with Gasteiger partial charge in [-0.3, -0.25) is 9.59 Å². The van der Waals surface area contributed by atoms with Gasteiger partial charge in [0.05, 0.1) is 0 Å². The molecule has 1 heterocycles. The second kappa shape index (κ2) is 4.78. The summed E-state index contributed by atoms with van der Waals surface area (Å²) in [6, 6.07) is 5.65. The molecule has 100 valence electrons. The molecule has 2 aliphatic rings. The quantitative estimate of drug-likeness (QED) is 0.876. The van der Waals surface area contributed by atoms with Crippen molar-refractivity contribution in [3.63, 3.8) is 0 Å². The highest BCUT2D eigenvalue weighted by molar-refractivity contribution is 6.00. The first-order valence-electron chi connectivity index (χ1n) is 6.76. The van der Waals surface area contributed by atoms with Gasteiger partial charge in [-0.1, -0.05) is 0 Å². The highest BCUT2D eigenvalue weighted by Gasteiger charge is 2.30. The number of hydrogen-bond acceptors (Lipinski definition) is 3. The van der Waals surface area contributed by atoms with Crippen LogP contribution in [0.4, 0.5) is 5.69 Å². The molecule has 19 heavy (non-hydrogen) atoms. The molecule has 0 spiro atoms. The number of aliphatic hydroxyl groups excluding tert-OH is 1. The summed E-state index contributed by atoms with van der Waals surface area (Å²) >= 11 is 0. The number of hydrogen-bond donors (Lipinski definition) is 1. The van der Waals surface area contributed by atoms with Crippen LogP contribution in [-0.2, 0) is 11.2 Å². The van der Waals surface area contributed by atoms with Crippen molar-refractivity contribution in [2.75, 3.05) is 18.1 Å². The Morgan fingerprint density at radius 1 is 1.26 bits per heavy atom. The van der Waals surface area contributed by atoms with E-state index in [0.717, 1.165) is 29.7 Å². The number of ketones is 1. The first kappa shape index (κ1) is 12.4. The maximum Gasteiger partial charge on any atom is 0.227 e. The smallest absolute Gasteiger partial charge is 0.227 e. The number of aliphatic hydroxyl groups is 1. The number of amides is 1. The van der Waals surface area contributed by atoms with E-state index in [1.54, 1.807) is 4.90 Å². The summed E-state index contributed by atoms with van der Waals surface area (Å²) in [6.45, 7) is 0.619. The molecule has 4 nitrogen and oxygen atoms in total. The summed E-state index contributed by atoms with van der Waals surface area (Å²) in [7, 11) is 0. The Morgan fingerprint density at radius 2 is 2.11 bits per heavy atom. The lowest BCUT2D eigenvalue weighted by Gasteiger charge is -2.21. The Balaban J connectivity index is 1.90. The van der Waals surface area contributed by atoms with Crippen LogP contribution in [0.3, 0.4) is 0 Å². The van der Waals surface area contributed by atoms with Gasteiger partial charge in [0.1, 0.15) is 0 Å². The second-order valence-electron chi connectivity index (χ2n) is 5.38. The van der Waals surface area contributed by atoms with E-state index < -0.39 is 0 Å². The van der Waals surface area contributed by atoms with Crippen LogP contribution in [0.2, 0.25) is 0 Å². The highest BCUT2D eigenvalue weighted by Crippen LogP contribution is 2.29. The molecule has 1 aromatic carbocycles. The zero-order valence-electron chi connectivity index (χ0n) is 10.8. The van der Waals surface area contributed by atoms with Crippen LogP contribution < -0.4 is 4.90 Å². The van der Waals surface area contributed by atoms with Crippen molar-refractivity contribution in [1.29, 1.82) is 0 Å². The van der Waals surface area contributed by atoms with Gasteiger partial charge in [0, 0.05) is 43.2 Å². The normalized spacial score (nSPS) is 22.8. The molecular weight excluding hydrogens is 242 g/mol. The molecule has 1 fully saturated rings. The average Bonchev–Trinajstić information content (AvgIpc) is 2.80. The molecule has 1 N–H and O–H groups in total. The van der Waals surface area contributed by atoms with Crippen LogP contribution in [0, 0.1) is 5.92 Å². The van der Waals surface area contributed by atoms with Crippen molar-refractivity contribution in [3.05, 3.63) is 29.3 Å². The van der Waals surface area contributed by atoms with Crippen molar-refractivity contribution in [1.82, 2.24) is 0 Å². The number of aryl methyl sites for hydroxylation is 1. The van der Waals surface area contributed by atoms with E-state index in [0.29, 0.717) is 19.4 Å². The number of rotatable bonds is 2. The van der Waals surface area contributed by atoms with Crippen LogP contribution >= 0.6 is 0 Å². The highest BCUT2D eigenvalue weighted by atomic mass is 16.3. The summed E-state index contributed by atoms with van der Waals surface area (Å²) in [5, 5.41) is 9.15. The van der Waals surface area contributed by atoms with Gasteiger partial charge in [0.2, 0.25) is 5.91 Å². The lowest BCUT2D eigenvalue weighted by Crippen LogP contribution is -2.25. The molecular formula is C15H17NO3. The molecule has 3 rings (SSSR count). The van der Waals surface area contributed by atoms with E-state index in [2.05, 4.69) is 0 Å². The average molecular weight is 259 g/mol. The van der Waals surface area contributed by atoms with Crippen molar-refractivity contribution in [2.45, 2.75) is 25.7 Å². The van der Waals surface area contributed by atoms with E-state index in [1.807, 2.05) is 18.2 Å². The third-order valence-corrected chi connectivity index (χ3v) is 4.01. The number of Topliss-reactive ketones (excluding diaryl/α,β-unsaturated/α-hetero) is 1. The molecule has 1 unspecified atom stereocenters. The SMILES string of the molecule is O=C1CCCc2cc(N3CC(CO)CC3=O)ccc21. The van der Waals surface area contributed by atoms with Crippen LogP contribution in [0.25, 0.3) is 0 Å². The van der Waals surface area contributed by atoms with Gasteiger partial charge in [-0.2, -0.15) is 0 Å². The molecule has 0 bridgehead atoms. The predicted molar refractivity (Wildman–Crippen MR) is 71.3 cm³/mol. The molecule has 0 radical (unpaired) electrons. The van der Waals surface area contributed by atoms with Gasteiger partial charge in [0.15, 0.2) is 5.78 Å². The second-order valence-corrected chi connectivity index (χ2v) is 5.38. The van der Waals surface area contributed by atoms with Gasteiger partial charge >= 0.3 is 0 Å². The molecule has 4 heteroatoms. The van der Waals surface area contributed by atoms with Crippen LogP contribution in [0.1, 0.15) is 35.2 Å². The fourth-order valence-corrected chi connectivity index (χ4v) is 2.95. The zero-order chi connectivity index (χ0) is 13.4. The first-order chi connectivity index (χ1) is 9.19. The van der Waals surface area contributed by atoms with E-state index in [-0.39, 0.29) is 24.2 Å². The maximum atomic E-state index is 11.9. The number of carbonyl (C=O) groups is 2. The number of carbonyl (C=O) groups excluding carboxylic acids is 2. The van der Waals surface area contributed by atoms with E-state index in [9.17, 15) is 9.59 Å². The van der Waals surface area contributed by atoms with Crippen molar-refractivity contribution in [2.24, 2.45) is 5.92 Å². The molecule has 1 saturated heterocycles. The van der Waals surface area contributed by atoms with Gasteiger partial charge in [-0.15, -0.1) is 0 Å². The number of benzene rings is 1. The van der Waals surface area contributed by atoms with Crippen LogP contribution in [0.5, 0.6) is 0 Å². The Kier molecular flexibility index (Phi) is 3.11. The minimum absolute atomic E-state index is 0.0326. The van der Waals surface area contributed by atoms with E-state index in [4.69, 9.17) is 5.11 Å². The third-order valence-electron chi connectivity index (χ3n) is 4.01. The lowest BCUT2D eigenvalue weighted by atomic mass is 9.90. The topological polar surface area (TPSA) is 57.6 Å². The number of anilines is 1. The Bertz CT molecular complexity index is 538. The summed E-state index contributed by atoms with van der Waals surface area (Å²) in [5.41, 5.74) is 2.71. The molecule has 1 aliphatic heterocycles. The Labute approximate surface area is 112 Å². The Morgan fingerprint density at radius 3 is 2.84 bits per heavy atom. The fourth-order valence-electron chi connectivity index (χ4n) is 2.95. The minimum Gasteiger partial charge on any atom is -0.396 e. The standard InChI is InChI=1S/C15H17NO3/c17-9-10-6-15(19)16(8-10)12-4-5-13-11(7-12)2-1-3-14(13)18/h4-5,7,10,17H,1-3,6,8-9H2. The molecule has 0 aromatic heterocycles. The molecule has 1 amide bonds. The van der Waals surface area contributed by atoms with Crippen LogP contribution in [-0.4, -0.2) is 29.9 Å². The largest absolute Gasteiger partial charge is 0.396 e. The van der Waals surface area contributed by atoms with Gasteiger partial charge < -0.3 is 10.0 Å². The van der Waals surface area contributed by atoms with Gasteiger partial charge in [0.25, 0.3) is 0 Å². The molecule has 0 saturated carbocycles. The zero-order valence-corrected chi connectivity index (χ0v) is 10.8. The van der Waals surface area contributed by atoms with Crippen molar-refractivity contribution >= 4 is 17.4 Å². The third kappa shape index (κ3) is 2.16. The summed E-state index contributed by atoms with van der Waals surface area (Å²) < 4.78 is 0. The predicted octanol–water partition coefficient (Wildman–Crippen LogP) is 1.55. The van der Waals surface area contributed by atoms with Crippen molar-refractivity contribution < 1.29 is 14.7 Å². The summed E-state index contributed by atoms with van der Waals surface area (Å²) in [5.74, 6) is 0.292. The van der Waals surface area contributed by atoms with Crippen LogP contribution in [0.15, 0.2) is 18.2 Å². The summed E-state index contributed by atoms with van der Waals surface area (Å²) in [4.78, 5) is 25.4. The number of nitrogens with zero attached hydrogens (tertiary/aromatic N) is 1. The van der Waals surface area contributed by atoms with E-state index >= 15 is 0 Å². The number of fused-ring (bicyclic) bond motifs is 1. The first-order valence-corrected chi connectivity index (χ1v) is 6.76. The molecule has 1 aromatic rings. The van der Waals surface area contributed by atoms with E-state index in [1.165, 1.54) is 0 Å². The lowest BCUT2D eigenvalue weighted by molar-refractivity contribution is -0.117. The minimum atomic E-state index is 0.0326. The van der Waals surface area contributed by atoms with Gasteiger partial charge in [-0.25, -0.2) is 0 Å².